The quantitative estimate of drug-likeness (QED) is 0.598. The van der Waals surface area contributed by atoms with Gasteiger partial charge in [-0.1, -0.05) is 16.5 Å². The van der Waals surface area contributed by atoms with Crippen LogP contribution in [0.2, 0.25) is 0 Å². The minimum Gasteiger partial charge on any atom is -0.493 e. The normalized spacial score (nSPS) is 25.5. The monoisotopic (exact) mass is 438 g/mol. The lowest BCUT2D eigenvalue weighted by atomic mass is 10.1. The van der Waals surface area contributed by atoms with Gasteiger partial charge in [0.1, 0.15) is 5.75 Å². The third-order valence-electron chi connectivity index (χ3n) is 6.73. The minimum absolute atomic E-state index is 0.0678. The topological polar surface area (TPSA) is 80.5 Å². The second kappa shape index (κ2) is 7.22. The Morgan fingerprint density at radius 2 is 2.13 bits per heavy atom. The fraction of sp³-hybridized carbons (Fsp3) is 0.522. The van der Waals surface area contributed by atoms with Crippen molar-refractivity contribution >= 4 is 32.6 Å². The van der Waals surface area contributed by atoms with E-state index in [0.29, 0.717) is 17.8 Å². The number of hydrogen-bond acceptors (Lipinski definition) is 7. The Balaban J connectivity index is 1.10. The van der Waals surface area contributed by atoms with E-state index in [0.717, 1.165) is 53.5 Å². The lowest BCUT2D eigenvalue weighted by Gasteiger charge is -2.17. The molecule has 1 N–H and O–H groups in total. The van der Waals surface area contributed by atoms with Gasteiger partial charge in [-0.25, -0.2) is 4.98 Å². The molecule has 8 heteroatoms. The van der Waals surface area contributed by atoms with Crippen molar-refractivity contribution in [1.29, 1.82) is 0 Å². The van der Waals surface area contributed by atoms with Gasteiger partial charge in [-0.15, -0.1) is 0 Å². The third kappa shape index (κ3) is 3.67. The smallest absolute Gasteiger partial charge is 0.217 e. The van der Waals surface area contributed by atoms with E-state index < -0.39 is 0 Å². The number of anilines is 1. The second-order valence-electron chi connectivity index (χ2n) is 9.22. The largest absolute Gasteiger partial charge is 0.493 e. The number of aromatic nitrogens is 2. The molecule has 0 bridgehead atoms. The van der Waals surface area contributed by atoms with Crippen LogP contribution in [0.15, 0.2) is 28.8 Å². The highest BCUT2D eigenvalue weighted by atomic mass is 32.1. The number of piperidine rings is 1. The molecule has 1 aromatic carbocycles. The van der Waals surface area contributed by atoms with Crippen molar-refractivity contribution in [3.8, 4) is 5.75 Å². The number of ether oxygens (including phenoxy) is 1. The molecule has 1 amide bonds. The molecule has 7 nitrogen and oxygen atoms in total. The van der Waals surface area contributed by atoms with Crippen LogP contribution in [0.25, 0.3) is 10.2 Å². The maximum Gasteiger partial charge on any atom is 0.217 e. The second-order valence-corrected chi connectivity index (χ2v) is 10.2. The SMILES string of the molecule is CC(=O)N[C@@H](C)c1cc(C2[C@H]3CN(c4nc5ccc(OCC6CC6)cc5s4)C[C@@H]23)no1. The van der Waals surface area contributed by atoms with Crippen molar-refractivity contribution in [2.24, 2.45) is 17.8 Å². The van der Waals surface area contributed by atoms with Gasteiger partial charge < -0.3 is 19.5 Å². The summed E-state index contributed by atoms with van der Waals surface area (Å²) in [7, 11) is 0. The van der Waals surface area contributed by atoms with Gasteiger partial charge in [0.2, 0.25) is 5.91 Å². The van der Waals surface area contributed by atoms with Crippen LogP contribution in [-0.2, 0) is 4.79 Å². The molecule has 0 radical (unpaired) electrons. The molecule has 0 spiro atoms. The van der Waals surface area contributed by atoms with E-state index in [-0.39, 0.29) is 11.9 Å². The van der Waals surface area contributed by atoms with Crippen LogP contribution < -0.4 is 15.0 Å². The maximum absolute atomic E-state index is 11.3. The van der Waals surface area contributed by atoms with E-state index in [1.165, 1.54) is 24.5 Å². The van der Waals surface area contributed by atoms with Crippen molar-refractivity contribution in [1.82, 2.24) is 15.5 Å². The summed E-state index contributed by atoms with van der Waals surface area (Å²) in [6.45, 7) is 6.27. The molecular weight excluding hydrogens is 412 g/mol. The van der Waals surface area contributed by atoms with Gasteiger partial charge in [0, 0.05) is 32.0 Å². The van der Waals surface area contributed by atoms with Gasteiger partial charge in [-0.2, -0.15) is 0 Å². The predicted octanol–water partition coefficient (Wildman–Crippen LogP) is 4.12. The zero-order chi connectivity index (χ0) is 21.1. The Hall–Kier alpha value is -2.61. The van der Waals surface area contributed by atoms with Crippen molar-refractivity contribution in [2.45, 2.75) is 38.6 Å². The maximum atomic E-state index is 11.3. The van der Waals surface area contributed by atoms with Gasteiger partial charge in [0.25, 0.3) is 0 Å². The van der Waals surface area contributed by atoms with Gasteiger partial charge in [0.15, 0.2) is 10.9 Å². The number of nitrogens with one attached hydrogen (secondary N) is 1. The molecular formula is C23H26N4O3S. The van der Waals surface area contributed by atoms with Crippen molar-refractivity contribution < 1.29 is 14.1 Å². The number of benzene rings is 1. The molecule has 1 unspecified atom stereocenters. The van der Waals surface area contributed by atoms with Gasteiger partial charge in [-0.05, 0) is 55.7 Å². The molecule has 1 aliphatic heterocycles. The minimum atomic E-state index is -0.158. The number of carbonyl (C=O) groups excluding carboxylic acids is 1. The van der Waals surface area contributed by atoms with Gasteiger partial charge >= 0.3 is 0 Å². The lowest BCUT2D eigenvalue weighted by molar-refractivity contribution is -0.119. The van der Waals surface area contributed by atoms with E-state index in [1.807, 2.05) is 19.1 Å². The Morgan fingerprint density at radius 1 is 1.32 bits per heavy atom. The van der Waals surface area contributed by atoms with E-state index >= 15 is 0 Å². The molecule has 1 saturated heterocycles. The molecule has 2 aliphatic carbocycles. The Bertz CT molecular complexity index is 1130. The summed E-state index contributed by atoms with van der Waals surface area (Å²) in [5, 5.41) is 8.24. The molecule has 4 atom stereocenters. The highest BCUT2D eigenvalue weighted by molar-refractivity contribution is 7.22. The number of carbonyl (C=O) groups is 1. The molecule has 3 aromatic rings. The predicted molar refractivity (Wildman–Crippen MR) is 119 cm³/mol. The summed E-state index contributed by atoms with van der Waals surface area (Å²) in [6, 6.07) is 8.09. The van der Waals surface area contributed by atoms with E-state index in [1.54, 1.807) is 11.3 Å². The standard InChI is InChI=1S/C23H26N4O3S/c1-12(24-13(2)28)20-8-19(26-30-20)22-16-9-27(10-17(16)22)23-25-18-6-5-15(7-21(18)31-23)29-11-14-3-4-14/h5-8,12,14,16-17,22H,3-4,9-11H2,1-2H3,(H,24,28)/t12-,16-,17+,22?/m0/s1. The summed E-state index contributed by atoms with van der Waals surface area (Å²) >= 11 is 1.75. The summed E-state index contributed by atoms with van der Waals surface area (Å²) in [6.07, 6.45) is 2.60. The zero-order valence-corrected chi connectivity index (χ0v) is 18.5. The molecule has 2 saturated carbocycles. The summed E-state index contributed by atoms with van der Waals surface area (Å²) in [4.78, 5) is 18.5. The van der Waals surface area contributed by atoms with Crippen LogP contribution in [-0.4, -0.2) is 35.7 Å². The molecule has 162 valence electrons. The fourth-order valence-corrected chi connectivity index (χ4v) is 5.79. The first-order chi connectivity index (χ1) is 15.0. The highest BCUT2D eigenvalue weighted by Crippen LogP contribution is 2.58. The summed E-state index contributed by atoms with van der Waals surface area (Å²) in [5.41, 5.74) is 2.06. The van der Waals surface area contributed by atoms with Crippen molar-refractivity contribution in [3.63, 3.8) is 0 Å². The Morgan fingerprint density at radius 3 is 2.87 bits per heavy atom. The van der Waals surface area contributed by atoms with E-state index in [2.05, 4.69) is 27.5 Å². The molecule has 3 heterocycles. The van der Waals surface area contributed by atoms with Crippen LogP contribution in [0.1, 0.15) is 50.1 Å². The van der Waals surface area contributed by atoms with Crippen LogP contribution in [0.4, 0.5) is 5.13 Å². The van der Waals surface area contributed by atoms with Gasteiger partial charge in [0.05, 0.1) is 28.6 Å². The molecule has 31 heavy (non-hydrogen) atoms. The van der Waals surface area contributed by atoms with Crippen LogP contribution in [0, 0.1) is 17.8 Å². The summed E-state index contributed by atoms with van der Waals surface area (Å²) < 4.78 is 12.6. The van der Waals surface area contributed by atoms with Crippen molar-refractivity contribution in [2.75, 3.05) is 24.6 Å². The third-order valence-corrected chi connectivity index (χ3v) is 7.81. The zero-order valence-electron chi connectivity index (χ0n) is 17.7. The molecule has 6 rings (SSSR count). The summed E-state index contributed by atoms with van der Waals surface area (Å²) in [5.74, 6) is 4.01. The number of fused-ring (bicyclic) bond motifs is 2. The van der Waals surface area contributed by atoms with E-state index in [9.17, 15) is 4.79 Å². The molecule has 2 aromatic heterocycles. The fourth-order valence-electron chi connectivity index (χ4n) is 4.78. The Kier molecular flexibility index (Phi) is 4.45. The number of rotatable bonds is 7. The van der Waals surface area contributed by atoms with Crippen LogP contribution in [0.5, 0.6) is 5.75 Å². The van der Waals surface area contributed by atoms with Crippen LogP contribution in [0.3, 0.4) is 0 Å². The Labute approximate surface area is 184 Å². The lowest BCUT2D eigenvalue weighted by Crippen LogP contribution is -2.23. The van der Waals surface area contributed by atoms with Crippen LogP contribution >= 0.6 is 11.3 Å². The van der Waals surface area contributed by atoms with E-state index in [4.69, 9.17) is 14.2 Å². The average Bonchev–Trinajstić information content (AvgIpc) is 3.47. The first-order valence-electron chi connectivity index (χ1n) is 11.1. The molecule has 3 aliphatic rings. The number of amides is 1. The first kappa shape index (κ1) is 19.1. The molecule has 3 fully saturated rings. The number of nitrogens with zero attached hydrogens (tertiary/aromatic N) is 3. The number of thiazole rings is 1. The average molecular weight is 439 g/mol. The van der Waals surface area contributed by atoms with Gasteiger partial charge in [-0.3, -0.25) is 4.79 Å². The van der Waals surface area contributed by atoms with Crippen molar-refractivity contribution in [3.05, 3.63) is 35.7 Å². The number of hydrogen-bond donors (Lipinski definition) is 1. The highest BCUT2D eigenvalue weighted by Gasteiger charge is 2.58. The first-order valence-corrected chi connectivity index (χ1v) is 11.9.